The predicted octanol–water partition coefficient (Wildman–Crippen LogP) is 5.41. The molecule has 8 heteroatoms. The fourth-order valence-corrected chi connectivity index (χ4v) is 5.59. The Bertz CT molecular complexity index is 895. The number of hydrogen-bond acceptors (Lipinski definition) is 4. The molecule has 0 spiro atoms. The Morgan fingerprint density at radius 3 is 2.42 bits per heavy atom. The molecule has 1 saturated heterocycles. The molecule has 3 rings (SSSR count). The van der Waals surface area contributed by atoms with E-state index < -0.39 is 5.97 Å². The number of ether oxygens (including phenoxy) is 1. The summed E-state index contributed by atoms with van der Waals surface area (Å²) >= 11 is 7.37. The van der Waals surface area contributed by atoms with Gasteiger partial charge >= 0.3 is 5.97 Å². The van der Waals surface area contributed by atoms with E-state index in [-0.39, 0.29) is 44.7 Å². The maximum Gasteiger partial charge on any atom is 0.350 e. The molecule has 1 atom stereocenters. The van der Waals surface area contributed by atoms with E-state index in [1.54, 1.807) is 0 Å². The predicted molar refractivity (Wildman–Crippen MR) is 122 cm³/mol. The monoisotopic (exact) mass is 538 g/mol. The fourth-order valence-electron chi connectivity index (χ4n) is 4.55. The SMILES string of the molecule is CCC(C(=O)Nc1c(C)csc1C(=O)OC)[N+]1(Cc2ccc(Cl)cc2)CCCCC1.[Y]. The van der Waals surface area contributed by atoms with Gasteiger partial charge in [0.2, 0.25) is 0 Å². The third-order valence-corrected chi connectivity index (χ3v) is 7.39. The molecule has 5 nitrogen and oxygen atoms in total. The molecule has 1 aromatic heterocycles. The zero-order valence-corrected chi connectivity index (χ0v) is 22.9. The van der Waals surface area contributed by atoms with E-state index in [1.165, 1.54) is 30.4 Å². The summed E-state index contributed by atoms with van der Waals surface area (Å²) in [6.45, 7) is 6.72. The molecule has 1 aliphatic rings. The number of methoxy groups -OCH3 is 1. The summed E-state index contributed by atoms with van der Waals surface area (Å²) in [6, 6.07) is 7.75. The summed E-state index contributed by atoms with van der Waals surface area (Å²) in [4.78, 5) is 26.1. The van der Waals surface area contributed by atoms with E-state index in [4.69, 9.17) is 16.3 Å². The Morgan fingerprint density at radius 2 is 1.84 bits per heavy atom. The summed E-state index contributed by atoms with van der Waals surface area (Å²) in [5, 5.41) is 5.67. The molecule has 0 bridgehead atoms. The van der Waals surface area contributed by atoms with Crippen molar-refractivity contribution in [2.24, 2.45) is 0 Å². The van der Waals surface area contributed by atoms with Gasteiger partial charge in [-0.05, 0) is 49.3 Å². The number of thiophene rings is 1. The molecule has 31 heavy (non-hydrogen) atoms. The molecule has 1 aromatic carbocycles. The molecule has 1 unspecified atom stereocenters. The molecule has 2 aromatic rings. The van der Waals surface area contributed by atoms with Crippen LogP contribution in [-0.2, 0) is 48.8 Å². The quantitative estimate of drug-likeness (QED) is 0.379. The van der Waals surface area contributed by atoms with Crippen LogP contribution in [0.25, 0.3) is 0 Å². The van der Waals surface area contributed by atoms with Crippen molar-refractivity contribution in [3.05, 3.63) is 50.7 Å². The number of rotatable bonds is 7. The van der Waals surface area contributed by atoms with Crippen molar-refractivity contribution in [3.8, 4) is 0 Å². The zero-order valence-electron chi connectivity index (χ0n) is 18.4. The first-order valence-corrected chi connectivity index (χ1v) is 11.7. The first-order valence-electron chi connectivity index (χ1n) is 10.5. The molecule has 0 saturated carbocycles. The van der Waals surface area contributed by atoms with E-state index in [1.807, 2.05) is 24.4 Å². The number of likely N-dealkylation sites (tertiary alicyclic amines) is 1. The fraction of sp³-hybridized carbons (Fsp3) is 0.478. The van der Waals surface area contributed by atoms with Gasteiger partial charge in [0, 0.05) is 49.7 Å². The van der Waals surface area contributed by atoms with Crippen LogP contribution in [0.4, 0.5) is 5.69 Å². The van der Waals surface area contributed by atoms with Gasteiger partial charge in [-0.1, -0.05) is 30.7 Å². The molecule has 1 N–H and O–H groups in total. The van der Waals surface area contributed by atoms with Crippen molar-refractivity contribution in [1.29, 1.82) is 0 Å². The van der Waals surface area contributed by atoms with Gasteiger partial charge < -0.3 is 14.5 Å². The molecule has 0 aliphatic carbocycles. The molecular formula is C23H30ClN2O3SY+. The van der Waals surface area contributed by atoms with Crippen molar-refractivity contribution >= 4 is 40.5 Å². The molecule has 1 radical (unpaired) electrons. The number of amides is 1. The smallest absolute Gasteiger partial charge is 0.350 e. The van der Waals surface area contributed by atoms with Gasteiger partial charge in [0.25, 0.3) is 5.91 Å². The zero-order chi connectivity index (χ0) is 21.7. The van der Waals surface area contributed by atoms with Crippen LogP contribution in [0.15, 0.2) is 29.6 Å². The summed E-state index contributed by atoms with van der Waals surface area (Å²) in [5.74, 6) is -0.445. The Morgan fingerprint density at radius 1 is 1.19 bits per heavy atom. The summed E-state index contributed by atoms with van der Waals surface area (Å²) < 4.78 is 5.63. The third-order valence-electron chi connectivity index (χ3n) is 6.06. The molecule has 1 aliphatic heterocycles. The number of quaternary nitrogens is 1. The van der Waals surface area contributed by atoms with Crippen LogP contribution in [-0.4, -0.2) is 42.6 Å². The average Bonchev–Trinajstić information content (AvgIpc) is 3.10. The Hall–Kier alpha value is -0.786. The summed E-state index contributed by atoms with van der Waals surface area (Å²) in [7, 11) is 1.36. The number of hydrogen-bond donors (Lipinski definition) is 1. The average molecular weight is 539 g/mol. The van der Waals surface area contributed by atoms with Crippen LogP contribution in [0.5, 0.6) is 0 Å². The van der Waals surface area contributed by atoms with Gasteiger partial charge in [0.15, 0.2) is 6.04 Å². The number of carbonyl (C=O) groups excluding carboxylic acids is 2. The number of carbonyl (C=O) groups is 2. The molecular weight excluding hydrogens is 509 g/mol. The standard InChI is InChI=1S/C23H29ClN2O3S.Y/c1-4-19(22(27)25-20-16(2)15-30-21(20)23(28)29-3)26(12-6-5-7-13-26)14-17-8-10-18(24)11-9-17;/h8-11,15,19H,4-7,12-14H2,1-3H3;/p+1. The third kappa shape index (κ3) is 6.17. The van der Waals surface area contributed by atoms with Crippen LogP contribution < -0.4 is 5.32 Å². The van der Waals surface area contributed by atoms with Crippen molar-refractivity contribution in [2.45, 2.75) is 52.1 Å². The van der Waals surface area contributed by atoms with Gasteiger partial charge in [0.1, 0.15) is 11.4 Å². The van der Waals surface area contributed by atoms with Crippen LogP contribution in [0, 0.1) is 6.92 Å². The largest absolute Gasteiger partial charge is 0.465 e. The van der Waals surface area contributed by atoms with Crippen molar-refractivity contribution in [3.63, 3.8) is 0 Å². The van der Waals surface area contributed by atoms with Crippen LogP contribution in [0.3, 0.4) is 0 Å². The molecule has 1 fully saturated rings. The van der Waals surface area contributed by atoms with Gasteiger partial charge in [0.05, 0.1) is 25.9 Å². The van der Waals surface area contributed by atoms with Gasteiger partial charge in [-0.3, -0.25) is 4.79 Å². The number of anilines is 1. The van der Waals surface area contributed by atoms with Gasteiger partial charge in [-0.2, -0.15) is 0 Å². The van der Waals surface area contributed by atoms with E-state index in [2.05, 4.69) is 24.4 Å². The molecule has 165 valence electrons. The number of piperidine rings is 1. The second-order valence-corrected chi connectivity index (χ2v) is 9.35. The van der Waals surface area contributed by atoms with Crippen molar-refractivity contribution < 1.29 is 51.5 Å². The molecule has 1 amide bonds. The Kier molecular flexibility index (Phi) is 10.2. The number of benzene rings is 1. The minimum Gasteiger partial charge on any atom is -0.465 e. The van der Waals surface area contributed by atoms with E-state index in [0.717, 1.165) is 54.0 Å². The van der Waals surface area contributed by atoms with Gasteiger partial charge in [-0.25, -0.2) is 4.79 Å². The topological polar surface area (TPSA) is 55.4 Å². The number of nitrogens with one attached hydrogen (secondary N) is 1. The van der Waals surface area contributed by atoms with Crippen LogP contribution in [0.2, 0.25) is 5.02 Å². The number of aryl methyl sites for hydroxylation is 1. The van der Waals surface area contributed by atoms with E-state index >= 15 is 0 Å². The minimum atomic E-state index is -0.417. The van der Waals surface area contributed by atoms with Gasteiger partial charge in [-0.15, -0.1) is 11.3 Å². The van der Waals surface area contributed by atoms with E-state index in [9.17, 15) is 9.59 Å². The minimum absolute atomic E-state index is 0. The summed E-state index contributed by atoms with van der Waals surface area (Å²) in [5.41, 5.74) is 2.65. The second-order valence-electron chi connectivity index (χ2n) is 8.04. The first-order chi connectivity index (χ1) is 14.4. The molecule has 2 heterocycles. The summed E-state index contributed by atoms with van der Waals surface area (Å²) in [6.07, 6.45) is 4.16. The Balaban J connectivity index is 0.00000341. The number of esters is 1. The number of nitrogens with zero attached hydrogens (tertiary/aromatic N) is 1. The Labute approximate surface area is 219 Å². The van der Waals surface area contributed by atoms with Crippen molar-refractivity contribution in [1.82, 2.24) is 0 Å². The first kappa shape index (κ1) is 26.5. The second kappa shape index (κ2) is 11.9. The maximum atomic E-state index is 13.5. The van der Waals surface area contributed by atoms with Crippen molar-refractivity contribution in [2.75, 3.05) is 25.5 Å². The van der Waals surface area contributed by atoms with Crippen LogP contribution >= 0.6 is 22.9 Å². The normalized spacial score (nSPS) is 16.1. The van der Waals surface area contributed by atoms with E-state index in [0.29, 0.717) is 10.6 Å². The maximum absolute atomic E-state index is 13.5. The van der Waals surface area contributed by atoms with Crippen LogP contribution in [0.1, 0.15) is 53.4 Å². The number of halogens is 1.